The molecule has 2 heterocycles. The Morgan fingerprint density at radius 1 is 1.07 bits per heavy atom. The Bertz CT molecular complexity index is 983. The van der Waals surface area contributed by atoms with E-state index in [9.17, 15) is 4.79 Å². The quantitative estimate of drug-likeness (QED) is 0.531. The molecule has 3 aromatic rings. The first kappa shape index (κ1) is 19.7. The molecule has 0 bridgehead atoms. The first-order chi connectivity index (χ1) is 14.1. The van der Waals surface area contributed by atoms with Crippen LogP contribution in [0.15, 0.2) is 65.5 Å². The maximum atomic E-state index is 12.4. The highest BCUT2D eigenvalue weighted by molar-refractivity contribution is 6.35. The molecular formula is C22H20Cl2N2O3. The number of likely N-dealkylation sites (tertiary alicyclic amines) is 1. The van der Waals surface area contributed by atoms with Crippen molar-refractivity contribution in [2.24, 2.45) is 0 Å². The Labute approximate surface area is 179 Å². The van der Waals surface area contributed by atoms with Crippen LogP contribution in [0.25, 0.3) is 0 Å². The summed E-state index contributed by atoms with van der Waals surface area (Å²) in [5.74, 6) is 1.25. The number of para-hydroxylation sites is 2. The predicted octanol–water partition coefficient (Wildman–Crippen LogP) is 6.10. The molecule has 1 amide bonds. The number of anilines is 1. The summed E-state index contributed by atoms with van der Waals surface area (Å²) in [6.07, 6.45) is 4.70. The fraction of sp³-hybridized carbons (Fsp3) is 0.227. The lowest BCUT2D eigenvalue weighted by molar-refractivity contribution is 0.0717. The van der Waals surface area contributed by atoms with E-state index in [2.05, 4.69) is 5.32 Å². The van der Waals surface area contributed by atoms with Crippen molar-refractivity contribution in [3.05, 3.63) is 76.7 Å². The molecule has 0 radical (unpaired) electrons. The molecule has 0 aliphatic carbocycles. The minimum absolute atomic E-state index is 0.0123. The standard InChI is InChI=1S/C22H20Cl2N2O3/c23-16-5-6-20(18(24)13-16)29-21-4-2-1-3-19(21)25-17-7-10-26(11-8-17)22(27)15-9-12-28-14-15/h1-6,9,12-14,17,25H,7-8,10-11H2. The fourth-order valence-electron chi connectivity index (χ4n) is 3.37. The van der Waals surface area contributed by atoms with Gasteiger partial charge in [0.15, 0.2) is 5.75 Å². The highest BCUT2D eigenvalue weighted by atomic mass is 35.5. The smallest absolute Gasteiger partial charge is 0.257 e. The number of benzene rings is 2. The molecule has 0 atom stereocenters. The molecule has 1 N–H and O–H groups in total. The van der Waals surface area contributed by atoms with Gasteiger partial charge >= 0.3 is 0 Å². The van der Waals surface area contributed by atoms with Crippen LogP contribution in [0.5, 0.6) is 11.5 Å². The van der Waals surface area contributed by atoms with Gasteiger partial charge in [0.2, 0.25) is 0 Å². The molecular weight excluding hydrogens is 411 g/mol. The van der Waals surface area contributed by atoms with Crippen LogP contribution in [0.4, 0.5) is 5.69 Å². The third kappa shape index (κ3) is 4.69. The van der Waals surface area contributed by atoms with Gasteiger partial charge in [0.25, 0.3) is 5.91 Å². The molecule has 1 saturated heterocycles. The Morgan fingerprint density at radius 3 is 2.59 bits per heavy atom. The van der Waals surface area contributed by atoms with Gasteiger partial charge in [-0.1, -0.05) is 35.3 Å². The Morgan fingerprint density at radius 2 is 1.86 bits per heavy atom. The number of nitrogens with zero attached hydrogens (tertiary/aromatic N) is 1. The van der Waals surface area contributed by atoms with Crippen LogP contribution in [0.2, 0.25) is 10.0 Å². The largest absolute Gasteiger partial charge is 0.472 e. The van der Waals surface area contributed by atoms with Gasteiger partial charge in [0.1, 0.15) is 12.0 Å². The van der Waals surface area contributed by atoms with Crippen LogP contribution >= 0.6 is 23.2 Å². The molecule has 7 heteroatoms. The molecule has 150 valence electrons. The van der Waals surface area contributed by atoms with Crippen molar-refractivity contribution in [2.75, 3.05) is 18.4 Å². The van der Waals surface area contributed by atoms with Crippen molar-refractivity contribution in [1.82, 2.24) is 4.90 Å². The molecule has 5 nitrogen and oxygen atoms in total. The maximum Gasteiger partial charge on any atom is 0.257 e. The van der Waals surface area contributed by atoms with Gasteiger partial charge in [0, 0.05) is 24.2 Å². The van der Waals surface area contributed by atoms with Gasteiger partial charge in [-0.05, 0) is 49.2 Å². The van der Waals surface area contributed by atoms with E-state index in [0.717, 1.165) is 18.5 Å². The number of rotatable bonds is 5. The summed E-state index contributed by atoms with van der Waals surface area (Å²) in [4.78, 5) is 14.3. The second kappa shape index (κ2) is 8.80. The van der Waals surface area contributed by atoms with Gasteiger partial charge in [-0.25, -0.2) is 0 Å². The summed E-state index contributed by atoms with van der Waals surface area (Å²) in [5, 5.41) is 4.56. The lowest BCUT2D eigenvalue weighted by atomic mass is 10.0. The van der Waals surface area contributed by atoms with Crippen LogP contribution in [-0.2, 0) is 0 Å². The van der Waals surface area contributed by atoms with E-state index in [-0.39, 0.29) is 11.9 Å². The summed E-state index contributed by atoms with van der Waals surface area (Å²) >= 11 is 12.2. The lowest BCUT2D eigenvalue weighted by Crippen LogP contribution is -2.42. The summed E-state index contributed by atoms with van der Waals surface area (Å²) in [6.45, 7) is 1.38. The Balaban J connectivity index is 1.40. The molecule has 4 rings (SSSR count). The average molecular weight is 431 g/mol. The van der Waals surface area contributed by atoms with E-state index in [1.54, 1.807) is 24.3 Å². The van der Waals surface area contributed by atoms with Crippen LogP contribution in [0, 0.1) is 0 Å². The van der Waals surface area contributed by atoms with Crippen LogP contribution in [-0.4, -0.2) is 29.9 Å². The van der Waals surface area contributed by atoms with E-state index in [4.69, 9.17) is 32.4 Å². The van der Waals surface area contributed by atoms with Gasteiger partial charge in [0.05, 0.1) is 22.5 Å². The predicted molar refractivity (Wildman–Crippen MR) is 114 cm³/mol. The zero-order valence-electron chi connectivity index (χ0n) is 15.6. The second-order valence-electron chi connectivity index (χ2n) is 6.90. The number of hydrogen-bond donors (Lipinski definition) is 1. The minimum atomic E-state index is 0.0123. The first-order valence-electron chi connectivity index (χ1n) is 9.40. The molecule has 1 aliphatic heterocycles. The van der Waals surface area contributed by atoms with Crippen molar-refractivity contribution in [1.29, 1.82) is 0 Å². The number of carbonyl (C=O) groups excluding carboxylic acids is 1. The van der Waals surface area contributed by atoms with Crippen molar-refractivity contribution >= 4 is 34.8 Å². The van der Waals surface area contributed by atoms with E-state index in [0.29, 0.717) is 40.2 Å². The zero-order chi connectivity index (χ0) is 20.2. The lowest BCUT2D eigenvalue weighted by Gasteiger charge is -2.33. The van der Waals surface area contributed by atoms with Crippen LogP contribution < -0.4 is 10.1 Å². The molecule has 0 saturated carbocycles. The highest BCUT2D eigenvalue weighted by Crippen LogP contribution is 2.35. The van der Waals surface area contributed by atoms with Gasteiger partial charge in [-0.3, -0.25) is 4.79 Å². The minimum Gasteiger partial charge on any atom is -0.472 e. The maximum absolute atomic E-state index is 12.4. The zero-order valence-corrected chi connectivity index (χ0v) is 17.1. The monoisotopic (exact) mass is 430 g/mol. The molecule has 29 heavy (non-hydrogen) atoms. The van der Waals surface area contributed by atoms with Gasteiger partial charge in [-0.2, -0.15) is 0 Å². The van der Waals surface area contributed by atoms with E-state index >= 15 is 0 Å². The number of piperidine rings is 1. The SMILES string of the molecule is O=C(c1ccoc1)N1CCC(Nc2ccccc2Oc2ccc(Cl)cc2Cl)CC1. The fourth-order valence-corrected chi connectivity index (χ4v) is 3.81. The molecule has 0 spiro atoms. The van der Waals surface area contributed by atoms with Crippen molar-refractivity contribution < 1.29 is 13.9 Å². The summed E-state index contributed by atoms with van der Waals surface area (Å²) in [7, 11) is 0. The Kier molecular flexibility index (Phi) is 5.97. The number of ether oxygens (including phenoxy) is 1. The summed E-state index contributed by atoms with van der Waals surface area (Å²) < 4.78 is 11.0. The molecule has 2 aromatic carbocycles. The first-order valence-corrected chi connectivity index (χ1v) is 10.2. The number of nitrogens with one attached hydrogen (secondary N) is 1. The number of halogens is 2. The molecule has 1 aliphatic rings. The average Bonchev–Trinajstić information content (AvgIpc) is 3.26. The van der Waals surface area contributed by atoms with Crippen molar-refractivity contribution in [3.8, 4) is 11.5 Å². The van der Waals surface area contributed by atoms with Crippen LogP contribution in [0.1, 0.15) is 23.2 Å². The number of amides is 1. The number of carbonyl (C=O) groups is 1. The molecule has 0 unspecified atom stereocenters. The van der Waals surface area contributed by atoms with Crippen LogP contribution in [0.3, 0.4) is 0 Å². The van der Waals surface area contributed by atoms with Gasteiger partial charge < -0.3 is 19.4 Å². The highest BCUT2D eigenvalue weighted by Gasteiger charge is 2.24. The van der Waals surface area contributed by atoms with Crippen molar-refractivity contribution in [2.45, 2.75) is 18.9 Å². The van der Waals surface area contributed by atoms with Crippen molar-refractivity contribution in [3.63, 3.8) is 0 Å². The van der Waals surface area contributed by atoms with E-state index in [1.807, 2.05) is 29.2 Å². The van der Waals surface area contributed by atoms with E-state index < -0.39 is 0 Å². The third-order valence-corrected chi connectivity index (χ3v) is 5.44. The molecule has 1 aromatic heterocycles. The number of hydrogen-bond acceptors (Lipinski definition) is 4. The topological polar surface area (TPSA) is 54.7 Å². The Hall–Kier alpha value is -2.63. The number of furan rings is 1. The van der Waals surface area contributed by atoms with E-state index in [1.165, 1.54) is 12.5 Å². The van der Waals surface area contributed by atoms with Gasteiger partial charge in [-0.15, -0.1) is 0 Å². The third-order valence-electron chi connectivity index (χ3n) is 4.91. The summed E-state index contributed by atoms with van der Waals surface area (Å²) in [6, 6.07) is 14.8. The second-order valence-corrected chi connectivity index (χ2v) is 7.74. The normalized spacial score (nSPS) is 14.6. The summed E-state index contributed by atoms with van der Waals surface area (Å²) in [5.41, 5.74) is 1.48. The molecule has 1 fully saturated rings.